The number of ether oxygens (including phenoxy) is 1. The maximum atomic E-state index is 11.7. The van der Waals surface area contributed by atoms with Crippen LogP contribution in [0.1, 0.15) is 13.8 Å². The van der Waals surface area contributed by atoms with Gasteiger partial charge in [0, 0.05) is 17.8 Å². The molecule has 1 aromatic rings. The molecule has 0 saturated carbocycles. The Morgan fingerprint density at radius 2 is 1.91 bits per heavy atom. The molecule has 0 aliphatic carbocycles. The van der Waals surface area contributed by atoms with Crippen LogP contribution in [0.3, 0.4) is 0 Å². The first kappa shape index (κ1) is 19.8. The fraction of sp³-hybridized carbons (Fsp3) is 0.500. The number of amides is 1. The summed E-state index contributed by atoms with van der Waals surface area (Å²) in [6, 6.07) is 5.86. The molecule has 23 heavy (non-hydrogen) atoms. The minimum Gasteiger partial charge on any atom is -0.493 e. The van der Waals surface area contributed by atoms with Crippen molar-refractivity contribution in [2.75, 3.05) is 24.7 Å². The quantitative estimate of drug-likeness (QED) is 0.543. The molecule has 9 heteroatoms. The number of benzene rings is 1. The minimum atomic E-state index is -3.69. The van der Waals surface area contributed by atoms with Gasteiger partial charge in [-0.2, -0.15) is 0 Å². The number of nitrogens with one attached hydrogen (secondary N) is 1. The average Bonchev–Trinajstić information content (AvgIpc) is 2.46. The third-order valence-electron chi connectivity index (χ3n) is 2.87. The van der Waals surface area contributed by atoms with Gasteiger partial charge >= 0.3 is 0 Å². The van der Waals surface area contributed by atoms with E-state index in [9.17, 15) is 13.2 Å². The molecule has 0 spiro atoms. The van der Waals surface area contributed by atoms with Gasteiger partial charge < -0.3 is 15.8 Å². The standard InChI is InChI=1S/C14H23N3O4S2/c1-14(2,10-15)17-13(18)9-22-8-7-21-11-3-5-12(6-4-11)23(16,19)20/h3-6H,7-10,15H2,1-2H3,(H,17,18)(H2,16,19,20). The Balaban J connectivity index is 2.26. The number of carbonyl (C=O) groups excluding carboxylic acids is 1. The Labute approximate surface area is 141 Å². The van der Waals surface area contributed by atoms with Crippen molar-refractivity contribution in [1.82, 2.24) is 5.32 Å². The molecular formula is C14H23N3O4S2. The van der Waals surface area contributed by atoms with Crippen LogP contribution in [0.15, 0.2) is 29.2 Å². The van der Waals surface area contributed by atoms with Crippen LogP contribution in [0.25, 0.3) is 0 Å². The molecule has 5 N–H and O–H groups in total. The molecule has 0 aromatic heterocycles. The van der Waals surface area contributed by atoms with Gasteiger partial charge in [0.2, 0.25) is 15.9 Å². The Kier molecular flexibility index (Phi) is 7.33. The molecule has 1 rings (SSSR count). The van der Waals surface area contributed by atoms with Crippen LogP contribution in [-0.2, 0) is 14.8 Å². The maximum Gasteiger partial charge on any atom is 0.238 e. The molecule has 0 unspecified atom stereocenters. The van der Waals surface area contributed by atoms with Crippen LogP contribution >= 0.6 is 11.8 Å². The van der Waals surface area contributed by atoms with E-state index < -0.39 is 15.6 Å². The zero-order valence-electron chi connectivity index (χ0n) is 13.2. The Bertz CT molecular complexity index is 615. The van der Waals surface area contributed by atoms with Crippen molar-refractivity contribution < 1.29 is 17.9 Å². The van der Waals surface area contributed by atoms with E-state index in [0.717, 1.165) is 0 Å². The number of nitrogens with two attached hydrogens (primary N) is 2. The van der Waals surface area contributed by atoms with Crippen LogP contribution < -0.4 is 20.9 Å². The average molecular weight is 361 g/mol. The Morgan fingerprint density at radius 1 is 1.30 bits per heavy atom. The summed E-state index contributed by atoms with van der Waals surface area (Å²) in [4.78, 5) is 11.7. The number of carbonyl (C=O) groups is 1. The van der Waals surface area contributed by atoms with E-state index in [2.05, 4.69) is 5.32 Å². The van der Waals surface area contributed by atoms with Crippen molar-refractivity contribution in [3.05, 3.63) is 24.3 Å². The highest BCUT2D eigenvalue weighted by atomic mass is 32.2. The number of hydrogen-bond acceptors (Lipinski definition) is 6. The normalized spacial score (nSPS) is 12.0. The van der Waals surface area contributed by atoms with Crippen LogP contribution in [0.2, 0.25) is 0 Å². The van der Waals surface area contributed by atoms with Gasteiger partial charge in [0.15, 0.2) is 0 Å². The van der Waals surface area contributed by atoms with E-state index in [4.69, 9.17) is 15.6 Å². The highest BCUT2D eigenvalue weighted by Gasteiger charge is 2.17. The predicted octanol–water partition coefficient (Wildman–Crippen LogP) is 0.300. The lowest BCUT2D eigenvalue weighted by Crippen LogP contribution is -2.49. The van der Waals surface area contributed by atoms with Crippen molar-refractivity contribution >= 4 is 27.7 Å². The smallest absolute Gasteiger partial charge is 0.238 e. The van der Waals surface area contributed by atoms with Crippen molar-refractivity contribution in [3.8, 4) is 5.75 Å². The molecule has 0 heterocycles. The predicted molar refractivity (Wildman–Crippen MR) is 91.9 cm³/mol. The molecule has 1 aromatic carbocycles. The number of rotatable bonds is 9. The maximum absolute atomic E-state index is 11.7. The van der Waals surface area contributed by atoms with Crippen LogP contribution in [0.5, 0.6) is 5.75 Å². The summed E-state index contributed by atoms with van der Waals surface area (Å²) >= 11 is 1.45. The topological polar surface area (TPSA) is 125 Å². The molecule has 1 amide bonds. The van der Waals surface area contributed by atoms with E-state index in [1.807, 2.05) is 13.8 Å². The number of hydrogen-bond donors (Lipinski definition) is 3. The molecule has 0 aliphatic heterocycles. The van der Waals surface area contributed by atoms with E-state index >= 15 is 0 Å². The summed E-state index contributed by atoms with van der Waals surface area (Å²) in [5.74, 6) is 1.44. The van der Waals surface area contributed by atoms with Gasteiger partial charge in [-0.25, -0.2) is 13.6 Å². The molecule has 0 atom stereocenters. The van der Waals surface area contributed by atoms with Gasteiger partial charge in [0.1, 0.15) is 5.75 Å². The molecule has 0 radical (unpaired) electrons. The summed E-state index contributed by atoms with van der Waals surface area (Å²) in [6.07, 6.45) is 0. The first-order valence-corrected chi connectivity index (χ1v) is 9.69. The Morgan fingerprint density at radius 3 is 2.43 bits per heavy atom. The zero-order valence-corrected chi connectivity index (χ0v) is 14.9. The van der Waals surface area contributed by atoms with Gasteiger partial charge in [0.25, 0.3) is 0 Å². The highest BCUT2D eigenvalue weighted by Crippen LogP contribution is 2.15. The van der Waals surface area contributed by atoms with E-state index in [0.29, 0.717) is 30.4 Å². The lowest BCUT2D eigenvalue weighted by molar-refractivity contribution is -0.120. The van der Waals surface area contributed by atoms with Crippen molar-refractivity contribution in [3.63, 3.8) is 0 Å². The monoisotopic (exact) mass is 361 g/mol. The summed E-state index contributed by atoms with van der Waals surface area (Å²) in [5, 5.41) is 7.85. The number of sulfonamides is 1. The third kappa shape index (κ3) is 7.69. The van der Waals surface area contributed by atoms with Crippen LogP contribution in [0.4, 0.5) is 0 Å². The summed E-state index contributed by atoms with van der Waals surface area (Å²) in [5.41, 5.74) is 5.14. The van der Waals surface area contributed by atoms with Gasteiger partial charge in [-0.3, -0.25) is 4.79 Å². The van der Waals surface area contributed by atoms with Crippen molar-refractivity contribution in [2.24, 2.45) is 10.9 Å². The lowest BCUT2D eigenvalue weighted by Gasteiger charge is -2.24. The number of thioether (sulfide) groups is 1. The van der Waals surface area contributed by atoms with Crippen molar-refractivity contribution in [1.29, 1.82) is 0 Å². The van der Waals surface area contributed by atoms with Gasteiger partial charge in [-0.15, -0.1) is 11.8 Å². The van der Waals surface area contributed by atoms with E-state index in [1.54, 1.807) is 12.1 Å². The lowest BCUT2D eigenvalue weighted by atomic mass is 10.1. The summed E-state index contributed by atoms with van der Waals surface area (Å²) in [7, 11) is -3.69. The largest absolute Gasteiger partial charge is 0.493 e. The fourth-order valence-electron chi connectivity index (χ4n) is 1.57. The van der Waals surface area contributed by atoms with E-state index in [1.165, 1.54) is 23.9 Å². The van der Waals surface area contributed by atoms with Gasteiger partial charge in [-0.05, 0) is 38.1 Å². The molecule has 0 saturated heterocycles. The highest BCUT2D eigenvalue weighted by molar-refractivity contribution is 7.99. The van der Waals surface area contributed by atoms with Crippen LogP contribution in [-0.4, -0.2) is 44.5 Å². The molecule has 130 valence electrons. The first-order chi connectivity index (χ1) is 10.6. The molecule has 0 aliphatic rings. The second kappa shape index (κ2) is 8.53. The second-order valence-corrected chi connectivity index (χ2v) is 8.22. The minimum absolute atomic E-state index is 0.0402. The Hall–Kier alpha value is -1.29. The molecule has 7 nitrogen and oxygen atoms in total. The zero-order chi connectivity index (χ0) is 17.5. The third-order valence-corrected chi connectivity index (χ3v) is 4.72. The summed E-state index contributed by atoms with van der Waals surface area (Å²) in [6.45, 7) is 4.52. The SMILES string of the molecule is CC(C)(CN)NC(=O)CSCCOc1ccc(S(N)(=O)=O)cc1. The second-order valence-electron chi connectivity index (χ2n) is 5.55. The molecular weight excluding hydrogens is 338 g/mol. The number of primary sulfonamides is 1. The molecule has 0 bridgehead atoms. The van der Waals surface area contributed by atoms with Gasteiger partial charge in [0.05, 0.1) is 17.3 Å². The molecule has 0 fully saturated rings. The van der Waals surface area contributed by atoms with Crippen molar-refractivity contribution in [2.45, 2.75) is 24.3 Å². The summed E-state index contributed by atoms with van der Waals surface area (Å²) < 4.78 is 27.7. The fourth-order valence-corrected chi connectivity index (χ4v) is 2.69. The van der Waals surface area contributed by atoms with Crippen LogP contribution in [0, 0.1) is 0 Å². The first-order valence-electron chi connectivity index (χ1n) is 6.98. The van der Waals surface area contributed by atoms with Gasteiger partial charge in [-0.1, -0.05) is 0 Å². The van der Waals surface area contributed by atoms with E-state index in [-0.39, 0.29) is 10.8 Å².